The predicted octanol–water partition coefficient (Wildman–Crippen LogP) is 3.46. The van der Waals surface area contributed by atoms with E-state index in [4.69, 9.17) is 0 Å². The molecule has 0 fully saturated rings. The molecule has 1 rings (SSSR count). The van der Waals surface area contributed by atoms with Gasteiger partial charge in [-0.05, 0) is 36.5 Å². The van der Waals surface area contributed by atoms with E-state index in [1.807, 2.05) is 0 Å². The fraction of sp³-hybridized carbons (Fsp3) is 0.533. The van der Waals surface area contributed by atoms with E-state index in [1.165, 1.54) is 0 Å². The highest BCUT2D eigenvalue weighted by Crippen LogP contribution is 2.23. The van der Waals surface area contributed by atoms with Gasteiger partial charge >= 0.3 is 5.97 Å². The number of rotatable bonds is 7. The Morgan fingerprint density at radius 3 is 2.17 bits per heavy atom. The van der Waals surface area contributed by atoms with Gasteiger partial charge in [0.2, 0.25) is 0 Å². The molecule has 1 aromatic carbocycles. The van der Waals surface area contributed by atoms with Crippen molar-refractivity contribution in [2.45, 2.75) is 39.5 Å². The summed E-state index contributed by atoms with van der Waals surface area (Å²) in [4.78, 5) is 11.3. The summed E-state index contributed by atoms with van der Waals surface area (Å²) in [5.74, 6) is -0.372. The minimum Gasteiger partial charge on any atom is -0.508 e. The van der Waals surface area contributed by atoms with E-state index in [9.17, 15) is 15.0 Å². The summed E-state index contributed by atoms with van der Waals surface area (Å²) in [5, 5.41) is 18.5. The molecule has 0 radical (unpaired) electrons. The van der Waals surface area contributed by atoms with Crippen molar-refractivity contribution >= 4 is 5.97 Å². The molecule has 0 saturated carbocycles. The number of carbonyl (C=O) groups is 1. The number of phenols is 1. The zero-order chi connectivity index (χ0) is 13.5. The molecule has 1 aromatic rings. The fourth-order valence-corrected chi connectivity index (χ4v) is 2.21. The molecule has 0 amide bonds. The highest BCUT2D eigenvalue weighted by Gasteiger charge is 2.21. The van der Waals surface area contributed by atoms with Crippen LogP contribution in [-0.4, -0.2) is 16.2 Å². The van der Waals surface area contributed by atoms with Crippen molar-refractivity contribution in [2.75, 3.05) is 0 Å². The molecule has 0 heterocycles. The molecule has 0 aliphatic heterocycles. The van der Waals surface area contributed by atoms with Crippen molar-refractivity contribution in [3.8, 4) is 5.75 Å². The molecule has 2 N–H and O–H groups in total. The van der Waals surface area contributed by atoms with Crippen LogP contribution in [-0.2, 0) is 11.2 Å². The number of phenolic OH excluding ortho intramolecular Hbond substituents is 1. The third-order valence-corrected chi connectivity index (χ3v) is 3.54. The first kappa shape index (κ1) is 14.6. The number of carboxylic acid groups (broad SMARTS) is 1. The summed E-state index contributed by atoms with van der Waals surface area (Å²) in [6.45, 7) is 4.21. The van der Waals surface area contributed by atoms with Crippen molar-refractivity contribution in [2.24, 2.45) is 11.8 Å². The molecule has 100 valence electrons. The first-order valence-electron chi connectivity index (χ1n) is 6.57. The van der Waals surface area contributed by atoms with Gasteiger partial charge < -0.3 is 10.2 Å². The van der Waals surface area contributed by atoms with Crippen molar-refractivity contribution < 1.29 is 15.0 Å². The number of benzene rings is 1. The predicted molar refractivity (Wildman–Crippen MR) is 71.6 cm³/mol. The fourth-order valence-electron chi connectivity index (χ4n) is 2.21. The zero-order valence-corrected chi connectivity index (χ0v) is 11.1. The molecule has 0 bridgehead atoms. The van der Waals surface area contributed by atoms with E-state index in [1.54, 1.807) is 24.3 Å². The Bertz CT molecular complexity index is 366. The Labute approximate surface area is 108 Å². The third kappa shape index (κ3) is 4.40. The summed E-state index contributed by atoms with van der Waals surface area (Å²) in [6, 6.07) is 6.78. The lowest BCUT2D eigenvalue weighted by Gasteiger charge is -2.18. The first-order chi connectivity index (χ1) is 8.56. The van der Waals surface area contributed by atoms with Crippen LogP contribution in [0, 0.1) is 11.8 Å². The maximum Gasteiger partial charge on any atom is 0.306 e. The lowest BCUT2D eigenvalue weighted by molar-refractivity contribution is -0.142. The summed E-state index contributed by atoms with van der Waals surface area (Å²) < 4.78 is 0. The highest BCUT2D eigenvalue weighted by molar-refractivity contribution is 5.70. The van der Waals surface area contributed by atoms with Crippen LogP contribution in [0.1, 0.15) is 38.7 Å². The highest BCUT2D eigenvalue weighted by atomic mass is 16.4. The monoisotopic (exact) mass is 250 g/mol. The molecule has 1 unspecified atom stereocenters. The van der Waals surface area contributed by atoms with Gasteiger partial charge in [0.05, 0.1) is 5.92 Å². The van der Waals surface area contributed by atoms with E-state index in [0.29, 0.717) is 12.3 Å². The number of carboxylic acids is 1. The maximum absolute atomic E-state index is 11.3. The summed E-state index contributed by atoms with van der Waals surface area (Å²) in [5.41, 5.74) is 0.964. The van der Waals surface area contributed by atoms with Gasteiger partial charge in [-0.1, -0.05) is 38.8 Å². The van der Waals surface area contributed by atoms with Crippen LogP contribution >= 0.6 is 0 Å². The largest absolute Gasteiger partial charge is 0.508 e. The molecule has 0 spiro atoms. The Hall–Kier alpha value is -1.51. The van der Waals surface area contributed by atoms with Crippen LogP contribution in [0.5, 0.6) is 5.75 Å². The number of aromatic hydroxyl groups is 1. The summed E-state index contributed by atoms with van der Waals surface area (Å²) in [7, 11) is 0. The van der Waals surface area contributed by atoms with Crippen LogP contribution in [0.3, 0.4) is 0 Å². The van der Waals surface area contributed by atoms with Gasteiger partial charge in [0.25, 0.3) is 0 Å². The van der Waals surface area contributed by atoms with Crippen LogP contribution in [0.25, 0.3) is 0 Å². The second-order valence-electron chi connectivity index (χ2n) is 4.82. The maximum atomic E-state index is 11.3. The number of hydrogen-bond donors (Lipinski definition) is 2. The third-order valence-electron chi connectivity index (χ3n) is 3.54. The Balaban J connectivity index is 2.68. The normalized spacial score (nSPS) is 12.6. The van der Waals surface area contributed by atoms with Crippen molar-refractivity contribution in [3.63, 3.8) is 0 Å². The summed E-state index contributed by atoms with van der Waals surface area (Å²) >= 11 is 0. The molecular formula is C15H22O3. The number of aliphatic carboxylic acids is 1. The molecule has 0 saturated heterocycles. The van der Waals surface area contributed by atoms with Gasteiger partial charge in [-0.25, -0.2) is 0 Å². The van der Waals surface area contributed by atoms with Crippen molar-refractivity contribution in [3.05, 3.63) is 29.8 Å². The van der Waals surface area contributed by atoms with Crippen molar-refractivity contribution in [1.29, 1.82) is 0 Å². The topological polar surface area (TPSA) is 57.5 Å². The quantitative estimate of drug-likeness (QED) is 0.779. The van der Waals surface area contributed by atoms with Gasteiger partial charge in [0.1, 0.15) is 5.75 Å². The number of hydrogen-bond acceptors (Lipinski definition) is 2. The molecule has 18 heavy (non-hydrogen) atoms. The second kappa shape index (κ2) is 7.04. The zero-order valence-electron chi connectivity index (χ0n) is 11.1. The van der Waals surface area contributed by atoms with Gasteiger partial charge in [0.15, 0.2) is 0 Å². The van der Waals surface area contributed by atoms with E-state index < -0.39 is 5.97 Å². The van der Waals surface area contributed by atoms with Crippen LogP contribution in [0.4, 0.5) is 0 Å². The smallest absolute Gasteiger partial charge is 0.306 e. The Morgan fingerprint density at radius 1 is 1.17 bits per heavy atom. The Kier molecular flexibility index (Phi) is 5.69. The van der Waals surface area contributed by atoms with E-state index in [2.05, 4.69) is 13.8 Å². The molecule has 0 aliphatic rings. The second-order valence-corrected chi connectivity index (χ2v) is 4.82. The Morgan fingerprint density at radius 2 is 1.72 bits per heavy atom. The van der Waals surface area contributed by atoms with Gasteiger partial charge in [0, 0.05) is 0 Å². The molecule has 0 aliphatic carbocycles. The van der Waals surface area contributed by atoms with Gasteiger partial charge in [-0.2, -0.15) is 0 Å². The van der Waals surface area contributed by atoms with E-state index >= 15 is 0 Å². The van der Waals surface area contributed by atoms with Crippen molar-refractivity contribution in [1.82, 2.24) is 0 Å². The SMILES string of the molecule is CCC(CC)CC(Cc1ccc(O)cc1)C(=O)O. The van der Waals surface area contributed by atoms with Crippen LogP contribution < -0.4 is 0 Å². The first-order valence-corrected chi connectivity index (χ1v) is 6.57. The molecule has 1 atom stereocenters. The standard InChI is InChI=1S/C15H22O3/c1-3-11(4-2)9-13(15(17)18)10-12-5-7-14(16)8-6-12/h5-8,11,13,16H,3-4,9-10H2,1-2H3,(H,17,18). The minimum absolute atomic E-state index is 0.214. The molecule has 3 nitrogen and oxygen atoms in total. The molecule has 3 heteroatoms. The molecular weight excluding hydrogens is 228 g/mol. The van der Waals surface area contributed by atoms with Gasteiger partial charge in [-0.3, -0.25) is 4.79 Å². The van der Waals surface area contributed by atoms with Crippen LogP contribution in [0.15, 0.2) is 24.3 Å². The minimum atomic E-state index is -0.727. The van der Waals surface area contributed by atoms with Gasteiger partial charge in [-0.15, -0.1) is 0 Å². The molecule has 0 aromatic heterocycles. The lowest BCUT2D eigenvalue weighted by atomic mass is 9.87. The van der Waals surface area contributed by atoms with E-state index in [0.717, 1.165) is 24.8 Å². The van der Waals surface area contributed by atoms with Crippen LogP contribution in [0.2, 0.25) is 0 Å². The summed E-state index contributed by atoms with van der Waals surface area (Å²) in [6.07, 6.45) is 3.31. The average Bonchev–Trinajstić information content (AvgIpc) is 2.36. The van der Waals surface area contributed by atoms with E-state index in [-0.39, 0.29) is 11.7 Å². The lowest BCUT2D eigenvalue weighted by Crippen LogP contribution is -2.20. The average molecular weight is 250 g/mol.